The fourth-order valence-corrected chi connectivity index (χ4v) is 3.25. The number of fused-ring (bicyclic) bond motifs is 1. The van der Waals surface area contributed by atoms with E-state index in [1.165, 1.54) is 0 Å². The van der Waals surface area contributed by atoms with Crippen LogP contribution < -0.4 is 11.1 Å². The molecule has 0 atom stereocenters. The van der Waals surface area contributed by atoms with Crippen LogP contribution in [0.3, 0.4) is 0 Å². The molecule has 3 N–H and O–H groups in total. The highest BCUT2D eigenvalue weighted by atomic mass is 16.2. The Kier molecular flexibility index (Phi) is 3.64. The Hall–Kier alpha value is -1.94. The maximum atomic E-state index is 12.7. The third-order valence-electron chi connectivity index (χ3n) is 4.65. The van der Waals surface area contributed by atoms with E-state index >= 15 is 0 Å². The maximum Gasteiger partial charge on any atom is 0.231 e. The third-order valence-corrected chi connectivity index (χ3v) is 4.65. The van der Waals surface area contributed by atoms with Crippen LogP contribution in [0.25, 0.3) is 10.9 Å². The molecule has 0 bridgehead atoms. The molecule has 1 aromatic heterocycles. The summed E-state index contributed by atoms with van der Waals surface area (Å²) in [6.45, 7) is 2.44. The predicted octanol–water partition coefficient (Wildman–Crippen LogP) is 3.00. The lowest BCUT2D eigenvalue weighted by Crippen LogP contribution is -2.40. The zero-order valence-corrected chi connectivity index (χ0v) is 12.4. The van der Waals surface area contributed by atoms with Crippen LogP contribution in [-0.2, 0) is 4.79 Å². The van der Waals surface area contributed by atoms with E-state index < -0.39 is 0 Å². The van der Waals surface area contributed by atoms with Crippen molar-refractivity contribution in [1.29, 1.82) is 0 Å². The van der Waals surface area contributed by atoms with Gasteiger partial charge in [0.05, 0.1) is 16.6 Å². The Balaban J connectivity index is 1.95. The summed E-state index contributed by atoms with van der Waals surface area (Å²) in [6, 6.07) is 7.84. The third kappa shape index (κ3) is 2.40. The van der Waals surface area contributed by atoms with E-state index in [4.69, 9.17) is 5.73 Å². The van der Waals surface area contributed by atoms with Crippen molar-refractivity contribution in [2.75, 3.05) is 11.9 Å². The molecule has 0 radical (unpaired) electrons. The standard InChI is InChI=1S/C17H21N3O/c1-12-6-7-14(13-5-4-10-19-15(12)13)20-16(21)17(11-18)8-2-3-9-17/h4-7,10H,2-3,8-9,11,18H2,1H3,(H,20,21). The van der Waals surface area contributed by atoms with Crippen LogP contribution in [0, 0.1) is 12.3 Å². The molecule has 0 saturated heterocycles. The first-order valence-corrected chi connectivity index (χ1v) is 7.52. The number of anilines is 1. The summed E-state index contributed by atoms with van der Waals surface area (Å²) in [5.74, 6) is 0.0523. The van der Waals surface area contributed by atoms with Crippen molar-refractivity contribution < 1.29 is 4.79 Å². The smallest absolute Gasteiger partial charge is 0.231 e. The van der Waals surface area contributed by atoms with Gasteiger partial charge < -0.3 is 11.1 Å². The number of pyridine rings is 1. The molecular weight excluding hydrogens is 262 g/mol. The SMILES string of the molecule is Cc1ccc(NC(=O)C2(CN)CCCC2)c2cccnc12. The first-order chi connectivity index (χ1) is 10.2. The topological polar surface area (TPSA) is 68.0 Å². The van der Waals surface area contributed by atoms with E-state index in [2.05, 4.69) is 10.3 Å². The van der Waals surface area contributed by atoms with Crippen molar-refractivity contribution in [3.8, 4) is 0 Å². The average Bonchev–Trinajstić information content (AvgIpc) is 3.00. The van der Waals surface area contributed by atoms with Gasteiger partial charge in [-0.05, 0) is 43.5 Å². The molecule has 1 fully saturated rings. The maximum absolute atomic E-state index is 12.7. The Morgan fingerprint density at radius 2 is 2.10 bits per heavy atom. The molecule has 3 rings (SSSR count). The second-order valence-corrected chi connectivity index (χ2v) is 5.98. The largest absolute Gasteiger partial charge is 0.329 e. The molecule has 1 heterocycles. The predicted molar refractivity (Wildman–Crippen MR) is 85.1 cm³/mol. The van der Waals surface area contributed by atoms with Crippen LogP contribution in [0.2, 0.25) is 0 Å². The normalized spacial score (nSPS) is 17.0. The zero-order chi connectivity index (χ0) is 14.9. The second kappa shape index (κ2) is 5.45. The number of carbonyl (C=O) groups is 1. The molecule has 2 aromatic rings. The molecule has 0 spiro atoms. The van der Waals surface area contributed by atoms with E-state index in [9.17, 15) is 4.79 Å². The van der Waals surface area contributed by atoms with Crippen molar-refractivity contribution in [3.63, 3.8) is 0 Å². The molecular formula is C17H21N3O. The van der Waals surface area contributed by atoms with Gasteiger partial charge in [-0.15, -0.1) is 0 Å². The highest BCUT2D eigenvalue weighted by Crippen LogP contribution is 2.38. The van der Waals surface area contributed by atoms with Gasteiger partial charge in [0, 0.05) is 18.1 Å². The lowest BCUT2D eigenvalue weighted by molar-refractivity contribution is -0.124. The number of carbonyl (C=O) groups excluding carboxylic acids is 1. The minimum atomic E-state index is -0.389. The van der Waals surface area contributed by atoms with E-state index in [0.717, 1.165) is 47.8 Å². The quantitative estimate of drug-likeness (QED) is 0.910. The summed E-state index contributed by atoms with van der Waals surface area (Å²) < 4.78 is 0. The van der Waals surface area contributed by atoms with Crippen molar-refractivity contribution in [2.24, 2.45) is 11.1 Å². The van der Waals surface area contributed by atoms with Crippen molar-refractivity contribution >= 4 is 22.5 Å². The lowest BCUT2D eigenvalue weighted by atomic mass is 9.85. The van der Waals surface area contributed by atoms with Crippen molar-refractivity contribution in [2.45, 2.75) is 32.6 Å². The summed E-state index contributed by atoms with van der Waals surface area (Å²) in [4.78, 5) is 17.1. The zero-order valence-electron chi connectivity index (χ0n) is 12.4. The van der Waals surface area contributed by atoms with Gasteiger partial charge in [0.1, 0.15) is 0 Å². The molecule has 110 valence electrons. The van der Waals surface area contributed by atoms with E-state index in [-0.39, 0.29) is 11.3 Å². The number of benzene rings is 1. The molecule has 1 amide bonds. The molecule has 21 heavy (non-hydrogen) atoms. The minimum Gasteiger partial charge on any atom is -0.329 e. The van der Waals surface area contributed by atoms with Crippen molar-refractivity contribution in [3.05, 3.63) is 36.0 Å². The fraction of sp³-hybridized carbons (Fsp3) is 0.412. The van der Waals surface area contributed by atoms with Gasteiger partial charge in [0.2, 0.25) is 5.91 Å². The number of nitrogens with zero attached hydrogens (tertiary/aromatic N) is 1. The van der Waals surface area contributed by atoms with Crippen LogP contribution >= 0.6 is 0 Å². The van der Waals surface area contributed by atoms with Gasteiger partial charge in [0.25, 0.3) is 0 Å². The Morgan fingerprint density at radius 1 is 1.33 bits per heavy atom. The highest BCUT2D eigenvalue weighted by molar-refractivity contribution is 6.04. The van der Waals surface area contributed by atoms with Crippen LogP contribution in [0.15, 0.2) is 30.5 Å². The number of nitrogens with one attached hydrogen (secondary N) is 1. The van der Waals surface area contributed by atoms with E-state index in [1.54, 1.807) is 6.20 Å². The van der Waals surface area contributed by atoms with Gasteiger partial charge in [0.15, 0.2) is 0 Å². The Bertz CT molecular complexity index is 675. The van der Waals surface area contributed by atoms with Crippen LogP contribution in [0.5, 0.6) is 0 Å². The Morgan fingerprint density at radius 3 is 2.81 bits per heavy atom. The minimum absolute atomic E-state index is 0.0523. The molecule has 0 aliphatic heterocycles. The fourth-order valence-electron chi connectivity index (χ4n) is 3.25. The van der Waals surface area contributed by atoms with Crippen LogP contribution in [0.1, 0.15) is 31.2 Å². The average molecular weight is 283 g/mol. The number of rotatable bonds is 3. The number of aryl methyl sites for hydroxylation is 1. The van der Waals surface area contributed by atoms with Gasteiger partial charge in [-0.25, -0.2) is 0 Å². The number of aromatic nitrogens is 1. The molecule has 1 saturated carbocycles. The number of hydrogen-bond acceptors (Lipinski definition) is 3. The van der Waals surface area contributed by atoms with E-state index in [0.29, 0.717) is 6.54 Å². The molecule has 0 unspecified atom stereocenters. The summed E-state index contributed by atoms with van der Waals surface area (Å²) in [6.07, 6.45) is 5.72. The number of hydrogen-bond donors (Lipinski definition) is 2. The van der Waals surface area contributed by atoms with Gasteiger partial charge >= 0.3 is 0 Å². The van der Waals surface area contributed by atoms with Crippen molar-refractivity contribution in [1.82, 2.24) is 4.98 Å². The molecule has 1 aromatic carbocycles. The molecule has 1 aliphatic carbocycles. The summed E-state index contributed by atoms with van der Waals surface area (Å²) in [5.41, 5.74) is 8.37. The first kappa shape index (κ1) is 14.0. The Labute approximate surface area is 124 Å². The summed E-state index contributed by atoms with van der Waals surface area (Å²) in [7, 11) is 0. The highest BCUT2D eigenvalue weighted by Gasteiger charge is 2.39. The summed E-state index contributed by atoms with van der Waals surface area (Å²) >= 11 is 0. The molecule has 1 aliphatic rings. The van der Waals surface area contributed by atoms with Crippen LogP contribution in [0.4, 0.5) is 5.69 Å². The van der Waals surface area contributed by atoms with Crippen LogP contribution in [-0.4, -0.2) is 17.4 Å². The second-order valence-electron chi connectivity index (χ2n) is 5.98. The van der Waals surface area contributed by atoms with Gasteiger partial charge in [-0.1, -0.05) is 18.9 Å². The number of amides is 1. The first-order valence-electron chi connectivity index (χ1n) is 7.52. The van der Waals surface area contributed by atoms with Gasteiger partial charge in [-0.2, -0.15) is 0 Å². The molecule has 4 heteroatoms. The summed E-state index contributed by atoms with van der Waals surface area (Å²) in [5, 5.41) is 4.07. The monoisotopic (exact) mass is 283 g/mol. The molecule has 4 nitrogen and oxygen atoms in total. The lowest BCUT2D eigenvalue weighted by Gasteiger charge is -2.26. The van der Waals surface area contributed by atoms with E-state index in [1.807, 2.05) is 31.2 Å². The number of nitrogens with two attached hydrogens (primary N) is 1. The van der Waals surface area contributed by atoms with Gasteiger partial charge in [-0.3, -0.25) is 9.78 Å².